The van der Waals surface area contributed by atoms with Gasteiger partial charge in [0.25, 0.3) is 6.47 Å². The Morgan fingerprint density at radius 1 is 1.50 bits per heavy atom. The molecule has 0 heterocycles. The van der Waals surface area contributed by atoms with Crippen LogP contribution in [0.25, 0.3) is 0 Å². The van der Waals surface area contributed by atoms with E-state index in [2.05, 4.69) is 4.74 Å². The molecule has 2 nitrogen and oxygen atoms in total. The van der Waals surface area contributed by atoms with Crippen LogP contribution in [0.3, 0.4) is 0 Å². The van der Waals surface area contributed by atoms with Crippen molar-refractivity contribution in [2.75, 3.05) is 6.61 Å². The van der Waals surface area contributed by atoms with Crippen LogP contribution < -0.4 is 0 Å². The summed E-state index contributed by atoms with van der Waals surface area (Å²) in [6.07, 6.45) is 0. The van der Waals surface area contributed by atoms with E-state index in [1.54, 1.807) is 0 Å². The number of ether oxygens (including phenoxy) is 1. The third-order valence-corrected chi connectivity index (χ3v) is 0.584. The van der Waals surface area contributed by atoms with E-state index < -0.39 is 0 Å². The van der Waals surface area contributed by atoms with E-state index in [0.29, 0.717) is 13.1 Å². The van der Waals surface area contributed by atoms with Gasteiger partial charge >= 0.3 is 0 Å². The van der Waals surface area contributed by atoms with Gasteiger partial charge in [-0.2, -0.15) is 0 Å². The smallest absolute Gasteiger partial charge is 0.293 e. The van der Waals surface area contributed by atoms with Gasteiger partial charge in [0.2, 0.25) is 0 Å². The van der Waals surface area contributed by atoms with Crippen molar-refractivity contribution >= 4 is 6.47 Å². The van der Waals surface area contributed by atoms with Crippen molar-refractivity contribution in [1.82, 2.24) is 0 Å². The lowest BCUT2D eigenvalue weighted by Gasteiger charge is -2.14. The molecule has 0 N–H and O–H groups in total. The van der Waals surface area contributed by atoms with Crippen LogP contribution in [0.15, 0.2) is 0 Å². The molecular weight excluding hydrogens is 104 g/mol. The van der Waals surface area contributed by atoms with Gasteiger partial charge in [0.1, 0.15) is 0 Å². The minimum absolute atomic E-state index is 0.0981. The van der Waals surface area contributed by atoms with Gasteiger partial charge in [-0.15, -0.1) is 0 Å². The largest absolute Gasteiger partial charge is 0.467 e. The summed E-state index contributed by atoms with van der Waals surface area (Å²) in [7, 11) is 0. The molecule has 0 bridgehead atoms. The highest BCUT2D eigenvalue weighted by Crippen LogP contribution is 2.11. The zero-order chi connectivity index (χ0) is 6.62. The second-order valence-corrected chi connectivity index (χ2v) is 2.97. The van der Waals surface area contributed by atoms with Crippen LogP contribution >= 0.6 is 0 Å². The minimum atomic E-state index is 0.0981. The van der Waals surface area contributed by atoms with E-state index in [1.165, 1.54) is 0 Å². The summed E-state index contributed by atoms with van der Waals surface area (Å²) in [5, 5.41) is 0. The maximum absolute atomic E-state index is 9.63. The Bertz CT molecular complexity index is 71.1. The second-order valence-electron chi connectivity index (χ2n) is 2.97. The first kappa shape index (κ1) is 7.47. The summed E-state index contributed by atoms with van der Waals surface area (Å²) in [6, 6.07) is 0. The lowest BCUT2D eigenvalue weighted by molar-refractivity contribution is -0.131. The fraction of sp³-hybridized carbons (Fsp3) is 0.833. The van der Waals surface area contributed by atoms with Crippen molar-refractivity contribution < 1.29 is 9.53 Å². The average Bonchev–Trinajstić information content (AvgIpc) is 1.59. The van der Waals surface area contributed by atoms with Gasteiger partial charge in [0.05, 0.1) is 6.61 Å². The van der Waals surface area contributed by atoms with Crippen LogP contribution in [0.5, 0.6) is 0 Å². The number of hydrogen-bond acceptors (Lipinski definition) is 2. The van der Waals surface area contributed by atoms with Crippen LogP contribution in [0, 0.1) is 5.41 Å². The number of carbonyl (C=O) groups excluding carboxylic acids is 1. The highest BCUT2D eigenvalue weighted by Gasteiger charge is 2.08. The molecule has 0 aliphatic rings. The Morgan fingerprint density at radius 3 is 2.12 bits per heavy atom. The van der Waals surface area contributed by atoms with Crippen molar-refractivity contribution in [3.63, 3.8) is 0 Å². The first-order chi connectivity index (χ1) is 3.56. The molecular formula is C6H12O2. The molecule has 8 heavy (non-hydrogen) atoms. The minimum Gasteiger partial charge on any atom is -0.467 e. The van der Waals surface area contributed by atoms with Crippen LogP contribution in [0.2, 0.25) is 0 Å². The molecule has 48 valence electrons. The van der Waals surface area contributed by atoms with E-state index in [0.717, 1.165) is 0 Å². The molecule has 0 unspecified atom stereocenters. The predicted octanol–water partition coefficient (Wildman–Crippen LogP) is 1.21. The number of hydrogen-bond donors (Lipinski definition) is 0. The normalized spacial score (nSPS) is 10.9. The Morgan fingerprint density at radius 2 is 2.00 bits per heavy atom. The van der Waals surface area contributed by atoms with Crippen molar-refractivity contribution in [3.8, 4) is 0 Å². The first-order valence-corrected chi connectivity index (χ1v) is 2.61. The predicted molar refractivity (Wildman–Crippen MR) is 31.5 cm³/mol. The monoisotopic (exact) mass is 116 g/mol. The van der Waals surface area contributed by atoms with E-state index in [9.17, 15) is 4.79 Å². The molecule has 0 aromatic heterocycles. The molecule has 0 amide bonds. The van der Waals surface area contributed by atoms with Crippen molar-refractivity contribution in [2.45, 2.75) is 20.8 Å². The molecule has 0 aliphatic carbocycles. The third kappa shape index (κ3) is 5.47. The van der Waals surface area contributed by atoms with Crippen molar-refractivity contribution in [2.24, 2.45) is 5.41 Å². The van der Waals surface area contributed by atoms with Gasteiger partial charge in [-0.3, -0.25) is 4.79 Å². The van der Waals surface area contributed by atoms with Crippen molar-refractivity contribution in [3.05, 3.63) is 0 Å². The van der Waals surface area contributed by atoms with Crippen LogP contribution in [0.1, 0.15) is 20.8 Å². The Balaban J connectivity index is 3.24. The molecule has 0 fully saturated rings. The molecule has 0 aromatic carbocycles. The highest BCUT2D eigenvalue weighted by molar-refractivity contribution is 5.36. The van der Waals surface area contributed by atoms with Crippen molar-refractivity contribution in [1.29, 1.82) is 0 Å². The summed E-state index contributed by atoms with van der Waals surface area (Å²) >= 11 is 0. The zero-order valence-electron chi connectivity index (χ0n) is 5.60. The van der Waals surface area contributed by atoms with Gasteiger partial charge in [0.15, 0.2) is 0 Å². The molecule has 0 atom stereocenters. The molecule has 0 radical (unpaired) electrons. The van der Waals surface area contributed by atoms with E-state index in [1.807, 2.05) is 20.8 Å². The SMILES string of the molecule is CC(C)(C)COC=O. The molecule has 2 heteroatoms. The first-order valence-electron chi connectivity index (χ1n) is 2.61. The fourth-order valence-corrected chi connectivity index (χ4v) is 0.284. The summed E-state index contributed by atoms with van der Waals surface area (Å²) < 4.78 is 4.52. The lowest BCUT2D eigenvalue weighted by Crippen LogP contribution is -2.13. The Labute approximate surface area is 49.8 Å². The van der Waals surface area contributed by atoms with Gasteiger partial charge in [-0.25, -0.2) is 0 Å². The molecule has 0 aromatic rings. The van der Waals surface area contributed by atoms with Gasteiger partial charge in [-0.05, 0) is 5.41 Å². The zero-order valence-corrected chi connectivity index (χ0v) is 5.60. The molecule has 0 rings (SSSR count). The fourth-order valence-electron chi connectivity index (χ4n) is 0.284. The number of rotatable bonds is 2. The van der Waals surface area contributed by atoms with E-state index >= 15 is 0 Å². The number of carbonyl (C=O) groups is 1. The van der Waals surface area contributed by atoms with Gasteiger partial charge < -0.3 is 4.74 Å². The maximum Gasteiger partial charge on any atom is 0.293 e. The van der Waals surface area contributed by atoms with E-state index in [4.69, 9.17) is 0 Å². The summed E-state index contributed by atoms with van der Waals surface area (Å²) in [4.78, 5) is 9.63. The third-order valence-electron chi connectivity index (χ3n) is 0.584. The maximum atomic E-state index is 9.63. The summed E-state index contributed by atoms with van der Waals surface area (Å²) in [5.41, 5.74) is 0.0981. The van der Waals surface area contributed by atoms with Crippen LogP contribution in [0.4, 0.5) is 0 Å². The quantitative estimate of drug-likeness (QED) is 0.507. The van der Waals surface area contributed by atoms with Crippen LogP contribution in [-0.4, -0.2) is 13.1 Å². The van der Waals surface area contributed by atoms with E-state index in [-0.39, 0.29) is 5.41 Å². The Hall–Kier alpha value is -0.530. The average molecular weight is 116 g/mol. The lowest BCUT2D eigenvalue weighted by atomic mass is 9.99. The molecule has 0 saturated carbocycles. The molecule has 0 saturated heterocycles. The Kier molecular flexibility index (Phi) is 2.52. The highest BCUT2D eigenvalue weighted by atomic mass is 16.5. The van der Waals surface area contributed by atoms with Crippen LogP contribution in [-0.2, 0) is 9.53 Å². The topological polar surface area (TPSA) is 26.3 Å². The summed E-state index contributed by atoms with van der Waals surface area (Å²) in [6.45, 7) is 7.01. The molecule has 0 aliphatic heterocycles. The summed E-state index contributed by atoms with van der Waals surface area (Å²) in [5.74, 6) is 0. The van der Waals surface area contributed by atoms with Gasteiger partial charge in [-0.1, -0.05) is 20.8 Å². The molecule has 0 spiro atoms. The van der Waals surface area contributed by atoms with Gasteiger partial charge in [0, 0.05) is 0 Å². The standard InChI is InChI=1S/C6H12O2/c1-6(2,3)4-8-5-7/h5H,4H2,1-3H3. The second kappa shape index (κ2) is 2.70.